The monoisotopic (exact) mass is 305 g/mol. The minimum Gasteiger partial charge on any atom is -0.497 e. The van der Waals surface area contributed by atoms with Gasteiger partial charge in [0.25, 0.3) is 0 Å². The number of hydrogen-bond acceptors (Lipinski definition) is 4. The molecule has 0 radical (unpaired) electrons. The highest BCUT2D eigenvalue weighted by molar-refractivity contribution is 5.89. The van der Waals surface area contributed by atoms with Gasteiger partial charge >= 0.3 is 0 Å². The molecule has 120 valence electrons. The number of benzene rings is 1. The molecule has 1 heterocycles. The van der Waals surface area contributed by atoms with Crippen molar-refractivity contribution in [3.05, 3.63) is 29.8 Å². The molecule has 1 fully saturated rings. The van der Waals surface area contributed by atoms with E-state index in [0.29, 0.717) is 38.9 Å². The summed E-state index contributed by atoms with van der Waals surface area (Å²) in [4.78, 5) is 25.8. The van der Waals surface area contributed by atoms with E-state index >= 15 is 0 Å². The molecule has 2 amide bonds. The van der Waals surface area contributed by atoms with Crippen LogP contribution in [0.5, 0.6) is 5.75 Å². The van der Waals surface area contributed by atoms with Gasteiger partial charge in [-0.15, -0.1) is 0 Å². The summed E-state index contributed by atoms with van der Waals surface area (Å²) in [5.74, 6) is 0.675. The SMILES string of the molecule is COc1ccc(CN2CCC(NC(=O)CCCN)C2=O)cc1. The van der Waals surface area contributed by atoms with Crippen molar-refractivity contribution in [3.8, 4) is 5.75 Å². The lowest BCUT2D eigenvalue weighted by atomic mass is 10.2. The first-order valence-electron chi connectivity index (χ1n) is 7.55. The lowest BCUT2D eigenvalue weighted by Gasteiger charge is -2.17. The first-order chi connectivity index (χ1) is 10.6. The average Bonchev–Trinajstić information content (AvgIpc) is 2.87. The molecule has 22 heavy (non-hydrogen) atoms. The van der Waals surface area contributed by atoms with Crippen molar-refractivity contribution in [2.45, 2.75) is 31.8 Å². The van der Waals surface area contributed by atoms with Gasteiger partial charge in [0.1, 0.15) is 11.8 Å². The van der Waals surface area contributed by atoms with E-state index in [1.54, 1.807) is 12.0 Å². The quantitative estimate of drug-likeness (QED) is 0.774. The predicted molar refractivity (Wildman–Crippen MR) is 83.2 cm³/mol. The van der Waals surface area contributed by atoms with Crippen LogP contribution in [0.1, 0.15) is 24.8 Å². The van der Waals surface area contributed by atoms with Crippen molar-refractivity contribution in [3.63, 3.8) is 0 Å². The van der Waals surface area contributed by atoms with Gasteiger partial charge in [0.2, 0.25) is 11.8 Å². The molecule has 6 heteroatoms. The number of ether oxygens (including phenoxy) is 1. The van der Waals surface area contributed by atoms with Gasteiger partial charge in [0, 0.05) is 19.5 Å². The molecule has 0 aliphatic carbocycles. The second-order valence-electron chi connectivity index (χ2n) is 5.41. The number of nitrogens with zero attached hydrogens (tertiary/aromatic N) is 1. The standard InChI is InChI=1S/C16H23N3O3/c1-22-13-6-4-12(5-7-13)11-19-10-8-14(16(19)21)18-15(20)3-2-9-17/h4-7,14H,2-3,8-11,17H2,1H3,(H,18,20). The van der Waals surface area contributed by atoms with Gasteiger partial charge in [-0.3, -0.25) is 9.59 Å². The highest BCUT2D eigenvalue weighted by atomic mass is 16.5. The van der Waals surface area contributed by atoms with Gasteiger partial charge in [0.05, 0.1) is 7.11 Å². The van der Waals surface area contributed by atoms with E-state index in [4.69, 9.17) is 10.5 Å². The van der Waals surface area contributed by atoms with Crippen molar-refractivity contribution < 1.29 is 14.3 Å². The zero-order valence-electron chi connectivity index (χ0n) is 12.9. The van der Waals surface area contributed by atoms with Crippen LogP contribution in [0.25, 0.3) is 0 Å². The Morgan fingerprint density at radius 1 is 1.41 bits per heavy atom. The molecular formula is C16H23N3O3. The van der Waals surface area contributed by atoms with E-state index in [0.717, 1.165) is 11.3 Å². The number of rotatable bonds is 7. The Hall–Kier alpha value is -2.08. The van der Waals surface area contributed by atoms with E-state index in [1.807, 2.05) is 24.3 Å². The highest BCUT2D eigenvalue weighted by Gasteiger charge is 2.32. The molecule has 1 aliphatic heterocycles. The zero-order chi connectivity index (χ0) is 15.9. The number of carbonyl (C=O) groups is 2. The number of methoxy groups -OCH3 is 1. The van der Waals surface area contributed by atoms with Gasteiger partial charge in [-0.1, -0.05) is 12.1 Å². The molecule has 0 spiro atoms. The maximum absolute atomic E-state index is 12.3. The summed E-state index contributed by atoms with van der Waals surface area (Å²) >= 11 is 0. The van der Waals surface area contributed by atoms with Crippen molar-refractivity contribution in [1.29, 1.82) is 0 Å². The lowest BCUT2D eigenvalue weighted by molar-refractivity contribution is -0.133. The topological polar surface area (TPSA) is 84.7 Å². The fourth-order valence-corrected chi connectivity index (χ4v) is 2.51. The van der Waals surface area contributed by atoms with Crippen molar-refractivity contribution in [2.24, 2.45) is 5.73 Å². The minimum absolute atomic E-state index is 0.0167. The van der Waals surface area contributed by atoms with E-state index < -0.39 is 6.04 Å². The largest absolute Gasteiger partial charge is 0.497 e. The van der Waals surface area contributed by atoms with Crippen LogP contribution in [0.4, 0.5) is 0 Å². The first kappa shape index (κ1) is 16.3. The van der Waals surface area contributed by atoms with Crippen LogP contribution in [0.2, 0.25) is 0 Å². The van der Waals surface area contributed by atoms with E-state index in [9.17, 15) is 9.59 Å². The number of hydrogen-bond donors (Lipinski definition) is 2. The van der Waals surface area contributed by atoms with Gasteiger partial charge in [-0.25, -0.2) is 0 Å². The minimum atomic E-state index is -0.400. The average molecular weight is 305 g/mol. The third kappa shape index (κ3) is 4.21. The Labute approximate surface area is 130 Å². The molecule has 6 nitrogen and oxygen atoms in total. The molecule has 1 aromatic rings. The van der Waals surface area contributed by atoms with Crippen molar-refractivity contribution >= 4 is 11.8 Å². The van der Waals surface area contributed by atoms with Crippen LogP contribution in [0.3, 0.4) is 0 Å². The molecule has 0 bridgehead atoms. The van der Waals surface area contributed by atoms with Crippen molar-refractivity contribution in [2.75, 3.05) is 20.2 Å². The molecule has 1 aliphatic rings. The third-order valence-corrected chi connectivity index (χ3v) is 3.77. The molecule has 2 rings (SSSR count). The Morgan fingerprint density at radius 3 is 2.77 bits per heavy atom. The highest BCUT2D eigenvalue weighted by Crippen LogP contribution is 2.17. The van der Waals surface area contributed by atoms with Crippen LogP contribution in [0.15, 0.2) is 24.3 Å². The Kier molecular flexibility index (Phi) is 5.77. The van der Waals surface area contributed by atoms with Crippen LogP contribution in [-0.4, -0.2) is 43.0 Å². The fourth-order valence-electron chi connectivity index (χ4n) is 2.51. The summed E-state index contributed by atoms with van der Waals surface area (Å²) in [6.45, 7) is 1.69. The second-order valence-corrected chi connectivity index (χ2v) is 5.41. The number of nitrogens with two attached hydrogens (primary N) is 1. The molecule has 0 saturated carbocycles. The second kappa shape index (κ2) is 7.79. The van der Waals surface area contributed by atoms with Crippen LogP contribution in [-0.2, 0) is 16.1 Å². The third-order valence-electron chi connectivity index (χ3n) is 3.77. The molecule has 1 atom stereocenters. The summed E-state index contributed by atoms with van der Waals surface area (Å²) in [5.41, 5.74) is 6.42. The summed E-state index contributed by atoms with van der Waals surface area (Å²) in [6.07, 6.45) is 1.67. The summed E-state index contributed by atoms with van der Waals surface area (Å²) in [6, 6.07) is 7.24. The van der Waals surface area contributed by atoms with Crippen molar-refractivity contribution in [1.82, 2.24) is 10.2 Å². The predicted octanol–water partition coefficient (Wildman–Crippen LogP) is 0.651. The normalized spacial score (nSPS) is 17.6. The number of nitrogens with one attached hydrogen (secondary N) is 1. The van der Waals surface area contributed by atoms with Crippen LogP contribution < -0.4 is 15.8 Å². The number of likely N-dealkylation sites (tertiary alicyclic amines) is 1. The summed E-state index contributed by atoms with van der Waals surface area (Å²) < 4.78 is 5.12. The van der Waals surface area contributed by atoms with Gasteiger partial charge < -0.3 is 20.7 Å². The smallest absolute Gasteiger partial charge is 0.245 e. The van der Waals surface area contributed by atoms with Crippen LogP contribution in [0, 0.1) is 0 Å². The molecular weight excluding hydrogens is 282 g/mol. The number of carbonyl (C=O) groups excluding carboxylic acids is 2. The maximum Gasteiger partial charge on any atom is 0.245 e. The zero-order valence-corrected chi connectivity index (χ0v) is 12.9. The summed E-state index contributed by atoms with van der Waals surface area (Å²) in [7, 11) is 1.62. The van der Waals surface area contributed by atoms with E-state index in [2.05, 4.69) is 5.32 Å². The first-order valence-corrected chi connectivity index (χ1v) is 7.55. The fraction of sp³-hybridized carbons (Fsp3) is 0.500. The van der Waals surface area contributed by atoms with Crippen LogP contribution >= 0.6 is 0 Å². The molecule has 1 aromatic carbocycles. The Morgan fingerprint density at radius 2 is 2.14 bits per heavy atom. The van der Waals surface area contributed by atoms with Gasteiger partial charge in [0.15, 0.2) is 0 Å². The van der Waals surface area contributed by atoms with Gasteiger partial charge in [-0.05, 0) is 37.1 Å². The number of amides is 2. The molecule has 1 saturated heterocycles. The summed E-state index contributed by atoms with van der Waals surface area (Å²) in [5, 5.41) is 2.79. The lowest BCUT2D eigenvalue weighted by Crippen LogP contribution is -2.41. The van der Waals surface area contributed by atoms with E-state index in [-0.39, 0.29) is 11.8 Å². The molecule has 1 unspecified atom stereocenters. The Bertz CT molecular complexity index is 516. The molecule has 3 N–H and O–H groups in total. The van der Waals surface area contributed by atoms with E-state index in [1.165, 1.54) is 0 Å². The Balaban J connectivity index is 1.86. The van der Waals surface area contributed by atoms with Gasteiger partial charge in [-0.2, -0.15) is 0 Å². The maximum atomic E-state index is 12.3. The molecule has 0 aromatic heterocycles.